The van der Waals surface area contributed by atoms with Crippen LogP contribution < -0.4 is 5.32 Å². The fourth-order valence-electron chi connectivity index (χ4n) is 4.13. The molecule has 1 fully saturated rings. The van der Waals surface area contributed by atoms with Crippen molar-refractivity contribution >= 4 is 23.3 Å². The van der Waals surface area contributed by atoms with E-state index in [1.165, 1.54) is 30.4 Å². The minimum atomic E-state index is -0.0503. The predicted molar refractivity (Wildman–Crippen MR) is 101 cm³/mol. The van der Waals surface area contributed by atoms with Crippen LogP contribution in [0.4, 0.5) is 5.82 Å². The molecule has 0 unspecified atom stereocenters. The first-order valence-corrected chi connectivity index (χ1v) is 9.69. The lowest BCUT2D eigenvalue weighted by Gasteiger charge is -2.23. The van der Waals surface area contributed by atoms with E-state index in [-0.39, 0.29) is 11.9 Å². The van der Waals surface area contributed by atoms with E-state index in [9.17, 15) is 4.79 Å². The lowest BCUT2D eigenvalue weighted by molar-refractivity contribution is -0.117. The molecule has 1 N–H and O–H groups in total. The quantitative estimate of drug-likeness (QED) is 0.894. The van der Waals surface area contributed by atoms with Crippen LogP contribution in [0.3, 0.4) is 0 Å². The second kappa shape index (κ2) is 7.37. The summed E-state index contributed by atoms with van der Waals surface area (Å²) in [6.07, 6.45) is 8.36. The Balaban J connectivity index is 1.46. The zero-order chi connectivity index (χ0) is 18.1. The molecule has 0 bridgehead atoms. The highest BCUT2D eigenvalue weighted by atomic mass is 35.5. The Morgan fingerprint density at radius 2 is 2.15 bits per heavy atom. The van der Waals surface area contributed by atoms with Crippen LogP contribution >= 0.6 is 11.6 Å². The number of likely N-dealkylation sites (tertiary alicyclic amines) is 1. The number of nitrogens with one attached hydrogen (secondary N) is 1. The Morgan fingerprint density at radius 1 is 1.31 bits per heavy atom. The van der Waals surface area contributed by atoms with Gasteiger partial charge in [0.2, 0.25) is 5.91 Å². The first kappa shape index (κ1) is 17.5. The summed E-state index contributed by atoms with van der Waals surface area (Å²) in [6, 6.07) is 3.66. The lowest BCUT2D eigenvalue weighted by Crippen LogP contribution is -2.34. The van der Waals surface area contributed by atoms with Gasteiger partial charge in [-0.3, -0.25) is 9.69 Å². The summed E-state index contributed by atoms with van der Waals surface area (Å²) in [5.74, 6) is 1.60. The molecule has 1 amide bonds. The molecule has 1 atom stereocenters. The molecule has 4 rings (SSSR count). The smallest absolute Gasteiger partial charge is 0.239 e. The molecule has 0 aromatic carbocycles. The number of rotatable bonds is 4. The van der Waals surface area contributed by atoms with Gasteiger partial charge in [0.1, 0.15) is 11.6 Å². The average molecular weight is 374 g/mol. The Hall–Kier alpha value is -1.92. The van der Waals surface area contributed by atoms with Gasteiger partial charge in [-0.2, -0.15) is 0 Å². The minimum Gasteiger partial charge on any atom is -0.334 e. The van der Waals surface area contributed by atoms with Gasteiger partial charge in [-0.1, -0.05) is 11.6 Å². The van der Waals surface area contributed by atoms with Crippen LogP contribution in [0.15, 0.2) is 18.3 Å². The standard InChI is InChI=1S/C19H24ClN5O/c1-24-15-6-3-2-5-14(15)22-19(24)16-7-4-10-25(16)12-18(26)23-17-9-8-13(20)11-21-17/h8-9,11,16H,2-7,10,12H2,1H3,(H,21,23,26)/t16-/m0/s1. The molecule has 26 heavy (non-hydrogen) atoms. The Morgan fingerprint density at radius 3 is 2.92 bits per heavy atom. The van der Waals surface area contributed by atoms with E-state index in [1.54, 1.807) is 12.1 Å². The third-order valence-electron chi connectivity index (χ3n) is 5.41. The third kappa shape index (κ3) is 3.48. The molecule has 2 aromatic heterocycles. The van der Waals surface area contributed by atoms with E-state index < -0.39 is 0 Å². The van der Waals surface area contributed by atoms with Crippen molar-refractivity contribution in [3.05, 3.63) is 40.6 Å². The highest BCUT2D eigenvalue weighted by Crippen LogP contribution is 2.33. The molecule has 7 heteroatoms. The minimum absolute atomic E-state index is 0.0503. The molecule has 3 heterocycles. The molecule has 0 spiro atoms. The molecule has 6 nitrogen and oxygen atoms in total. The lowest BCUT2D eigenvalue weighted by atomic mass is 10.0. The van der Waals surface area contributed by atoms with Gasteiger partial charge in [0.25, 0.3) is 0 Å². The van der Waals surface area contributed by atoms with Crippen molar-refractivity contribution in [2.45, 2.75) is 44.6 Å². The molecule has 0 radical (unpaired) electrons. The van der Waals surface area contributed by atoms with Crippen LogP contribution in [-0.2, 0) is 24.7 Å². The maximum atomic E-state index is 12.5. The maximum Gasteiger partial charge on any atom is 0.239 e. The van der Waals surface area contributed by atoms with E-state index in [0.717, 1.165) is 38.1 Å². The largest absolute Gasteiger partial charge is 0.334 e. The number of amides is 1. The summed E-state index contributed by atoms with van der Waals surface area (Å²) in [7, 11) is 2.13. The average Bonchev–Trinajstić information content (AvgIpc) is 3.21. The molecule has 138 valence electrons. The SMILES string of the molecule is Cn1c([C@@H]2CCCN2CC(=O)Nc2ccc(Cl)cn2)nc2c1CCCC2. The zero-order valence-corrected chi connectivity index (χ0v) is 15.8. The van der Waals surface area contributed by atoms with Crippen molar-refractivity contribution in [2.24, 2.45) is 7.05 Å². The number of anilines is 1. The summed E-state index contributed by atoms with van der Waals surface area (Å²) < 4.78 is 2.27. The van der Waals surface area contributed by atoms with Crippen molar-refractivity contribution < 1.29 is 4.79 Å². The third-order valence-corrected chi connectivity index (χ3v) is 5.64. The van der Waals surface area contributed by atoms with Crippen LogP contribution in [0.2, 0.25) is 5.02 Å². The highest BCUT2D eigenvalue weighted by molar-refractivity contribution is 6.30. The number of aromatic nitrogens is 3. The highest BCUT2D eigenvalue weighted by Gasteiger charge is 2.32. The van der Waals surface area contributed by atoms with Gasteiger partial charge in [0.15, 0.2) is 0 Å². The Labute approximate surface area is 158 Å². The summed E-state index contributed by atoms with van der Waals surface area (Å²) in [5.41, 5.74) is 2.64. The summed E-state index contributed by atoms with van der Waals surface area (Å²) in [4.78, 5) is 23.8. The van der Waals surface area contributed by atoms with E-state index >= 15 is 0 Å². The number of fused-ring (bicyclic) bond motifs is 1. The summed E-state index contributed by atoms with van der Waals surface area (Å²) in [6.45, 7) is 1.27. The molecule has 1 saturated heterocycles. The predicted octanol–water partition coefficient (Wildman–Crippen LogP) is 3.12. The van der Waals surface area contributed by atoms with Gasteiger partial charge >= 0.3 is 0 Å². The molecule has 1 aliphatic carbocycles. The monoisotopic (exact) mass is 373 g/mol. The zero-order valence-electron chi connectivity index (χ0n) is 15.0. The van der Waals surface area contributed by atoms with Crippen molar-refractivity contribution in [1.82, 2.24) is 19.4 Å². The molecule has 2 aromatic rings. The number of pyridine rings is 1. The number of imidazole rings is 1. The topological polar surface area (TPSA) is 63.1 Å². The summed E-state index contributed by atoms with van der Waals surface area (Å²) in [5, 5.41) is 3.41. The van der Waals surface area contributed by atoms with Gasteiger partial charge in [-0.25, -0.2) is 9.97 Å². The second-order valence-corrected chi connectivity index (χ2v) is 7.60. The first-order valence-electron chi connectivity index (χ1n) is 9.31. The maximum absolute atomic E-state index is 12.5. The number of nitrogens with zero attached hydrogens (tertiary/aromatic N) is 4. The van der Waals surface area contributed by atoms with Gasteiger partial charge in [0, 0.05) is 18.9 Å². The second-order valence-electron chi connectivity index (χ2n) is 7.17. The normalized spacial score (nSPS) is 20.2. The van der Waals surface area contributed by atoms with Crippen LogP contribution in [-0.4, -0.2) is 38.4 Å². The number of hydrogen-bond donors (Lipinski definition) is 1. The van der Waals surface area contributed by atoms with Gasteiger partial charge in [0.05, 0.1) is 23.3 Å². The number of hydrogen-bond acceptors (Lipinski definition) is 4. The van der Waals surface area contributed by atoms with Crippen LogP contribution in [0.25, 0.3) is 0 Å². The fourth-order valence-corrected chi connectivity index (χ4v) is 4.24. The molecular weight excluding hydrogens is 350 g/mol. The van der Waals surface area contributed by atoms with E-state index in [2.05, 4.69) is 26.8 Å². The number of aryl methyl sites for hydroxylation is 1. The molecule has 1 aliphatic heterocycles. The first-order chi connectivity index (χ1) is 12.6. The fraction of sp³-hybridized carbons (Fsp3) is 0.526. The number of carbonyl (C=O) groups is 1. The molecule has 0 saturated carbocycles. The van der Waals surface area contributed by atoms with Crippen LogP contribution in [0, 0.1) is 0 Å². The van der Waals surface area contributed by atoms with Gasteiger partial charge in [-0.15, -0.1) is 0 Å². The number of carbonyl (C=O) groups excluding carboxylic acids is 1. The Kier molecular flexibility index (Phi) is 4.96. The van der Waals surface area contributed by atoms with Crippen molar-refractivity contribution in [3.8, 4) is 0 Å². The van der Waals surface area contributed by atoms with E-state index in [4.69, 9.17) is 16.6 Å². The van der Waals surface area contributed by atoms with Crippen molar-refractivity contribution in [2.75, 3.05) is 18.4 Å². The van der Waals surface area contributed by atoms with Crippen LogP contribution in [0.5, 0.6) is 0 Å². The van der Waals surface area contributed by atoms with Crippen LogP contribution in [0.1, 0.15) is 48.9 Å². The Bertz CT molecular complexity index is 801. The molecule has 2 aliphatic rings. The van der Waals surface area contributed by atoms with Gasteiger partial charge < -0.3 is 9.88 Å². The van der Waals surface area contributed by atoms with Gasteiger partial charge in [-0.05, 0) is 57.2 Å². The molecular formula is C19H24ClN5O. The van der Waals surface area contributed by atoms with E-state index in [0.29, 0.717) is 17.4 Å². The van der Waals surface area contributed by atoms with E-state index in [1.807, 2.05) is 0 Å². The summed E-state index contributed by atoms with van der Waals surface area (Å²) >= 11 is 5.84. The van der Waals surface area contributed by atoms with Crippen molar-refractivity contribution in [3.63, 3.8) is 0 Å². The van der Waals surface area contributed by atoms with Crippen molar-refractivity contribution in [1.29, 1.82) is 0 Å². The number of halogens is 1.